The zero-order valence-corrected chi connectivity index (χ0v) is 17.8. The second-order valence-electron chi connectivity index (χ2n) is 6.26. The summed E-state index contributed by atoms with van der Waals surface area (Å²) in [6.45, 7) is 1.85. The molecule has 0 radical (unpaired) electrons. The van der Waals surface area contributed by atoms with Gasteiger partial charge in [-0.05, 0) is 42.8 Å². The highest BCUT2D eigenvalue weighted by Crippen LogP contribution is 2.39. The van der Waals surface area contributed by atoms with Crippen LogP contribution in [0.1, 0.15) is 5.56 Å². The molecule has 0 atom stereocenters. The Morgan fingerprint density at radius 3 is 2.80 bits per heavy atom. The third-order valence-electron chi connectivity index (χ3n) is 4.31. The van der Waals surface area contributed by atoms with Crippen molar-refractivity contribution in [2.45, 2.75) is 6.92 Å². The van der Waals surface area contributed by atoms with E-state index < -0.39 is 10.6 Å². The summed E-state index contributed by atoms with van der Waals surface area (Å²) in [5.74, 6) is 0.122. The quantitative estimate of drug-likeness (QED) is 0.265. The monoisotopic (exact) mass is 485 g/mol. The number of benzene rings is 2. The number of nitrogens with zero attached hydrogens (tertiary/aromatic N) is 4. The molecule has 0 unspecified atom stereocenters. The summed E-state index contributed by atoms with van der Waals surface area (Å²) in [4.78, 5) is 23.6. The smallest absolute Gasteiger partial charge is 0.373 e. The van der Waals surface area contributed by atoms with Gasteiger partial charge in [-0.3, -0.25) is 15.1 Å². The number of hydrogen-bond donors (Lipinski definition) is 1. The lowest BCUT2D eigenvalue weighted by atomic mass is 10.2. The van der Waals surface area contributed by atoms with Crippen LogP contribution < -0.4 is 10.1 Å². The first kappa shape index (κ1) is 20.0. The first-order valence-electron chi connectivity index (χ1n) is 8.67. The summed E-state index contributed by atoms with van der Waals surface area (Å²) >= 11 is 9.52. The van der Waals surface area contributed by atoms with Gasteiger partial charge in [0.2, 0.25) is 5.82 Å². The molecule has 0 bridgehead atoms. The molecule has 0 aliphatic heterocycles. The minimum atomic E-state index is -0.591. The van der Waals surface area contributed by atoms with E-state index in [1.54, 1.807) is 42.6 Å². The topological polar surface area (TPSA) is 103 Å². The van der Waals surface area contributed by atoms with Gasteiger partial charge in [-0.2, -0.15) is 4.98 Å². The van der Waals surface area contributed by atoms with Gasteiger partial charge in [0.15, 0.2) is 5.75 Å². The van der Waals surface area contributed by atoms with E-state index in [1.165, 1.54) is 6.33 Å². The highest BCUT2D eigenvalue weighted by atomic mass is 79.9. The molecule has 0 fully saturated rings. The molecular weight excluding hydrogens is 474 g/mol. The molecule has 4 rings (SSSR count). The number of fused-ring (bicyclic) bond motifs is 1. The maximum Gasteiger partial charge on any atom is 0.373 e. The third kappa shape index (κ3) is 3.89. The van der Waals surface area contributed by atoms with Gasteiger partial charge in [0.05, 0.1) is 4.92 Å². The lowest BCUT2D eigenvalue weighted by molar-refractivity contribution is -0.385. The maximum absolute atomic E-state index is 11.8. The molecule has 4 aromatic rings. The number of pyridine rings is 1. The van der Waals surface area contributed by atoms with Crippen LogP contribution in [0.4, 0.5) is 17.2 Å². The van der Waals surface area contributed by atoms with Crippen LogP contribution in [0.2, 0.25) is 5.02 Å². The number of rotatable bonds is 5. The van der Waals surface area contributed by atoms with Crippen molar-refractivity contribution in [3.8, 4) is 11.6 Å². The number of ether oxygens (including phenoxy) is 1. The number of nitrogens with one attached hydrogen (secondary N) is 1. The molecule has 0 saturated carbocycles. The molecule has 0 aliphatic carbocycles. The van der Waals surface area contributed by atoms with Gasteiger partial charge < -0.3 is 10.1 Å². The first-order valence-corrected chi connectivity index (χ1v) is 9.85. The number of nitro groups is 1. The van der Waals surface area contributed by atoms with Gasteiger partial charge in [0.1, 0.15) is 11.8 Å². The molecule has 1 N–H and O–H groups in total. The Morgan fingerprint density at radius 2 is 2.00 bits per heavy atom. The lowest BCUT2D eigenvalue weighted by Gasteiger charge is -2.12. The SMILES string of the molecule is Cc1ccc(Cl)cc1Nc1ncnc(Oc2ccc(Br)c3cccnc23)c1[N+](=O)[O-]. The van der Waals surface area contributed by atoms with Crippen LogP contribution in [0, 0.1) is 17.0 Å². The molecule has 8 nitrogen and oxygen atoms in total. The summed E-state index contributed by atoms with van der Waals surface area (Å²) < 4.78 is 6.66. The van der Waals surface area contributed by atoms with Crippen molar-refractivity contribution in [1.29, 1.82) is 0 Å². The third-order valence-corrected chi connectivity index (χ3v) is 5.24. The number of anilines is 2. The van der Waals surface area contributed by atoms with Gasteiger partial charge in [0, 0.05) is 26.8 Å². The summed E-state index contributed by atoms with van der Waals surface area (Å²) in [6, 6.07) is 12.3. The molecule has 2 heterocycles. The molecule has 0 saturated heterocycles. The van der Waals surface area contributed by atoms with E-state index in [2.05, 4.69) is 36.2 Å². The van der Waals surface area contributed by atoms with E-state index in [0.29, 0.717) is 22.0 Å². The fraction of sp³-hybridized carbons (Fsp3) is 0.0500. The standard InChI is InChI=1S/C20H13BrClN5O3/c1-11-4-5-12(22)9-15(11)26-19-18(27(28)29)20(25-10-24-19)30-16-7-6-14(21)13-3-2-8-23-17(13)16/h2-10H,1H3,(H,24,25,26). The van der Waals surface area contributed by atoms with E-state index in [1.807, 2.05) is 13.0 Å². The fourth-order valence-corrected chi connectivity index (χ4v) is 3.47. The molecular formula is C20H13BrClN5O3. The van der Waals surface area contributed by atoms with Crippen molar-refractivity contribution in [2.75, 3.05) is 5.32 Å². The van der Waals surface area contributed by atoms with Crippen molar-refractivity contribution in [3.05, 3.63) is 80.2 Å². The van der Waals surface area contributed by atoms with Crippen LogP contribution in [0.3, 0.4) is 0 Å². The minimum absolute atomic E-state index is 0.00950. The number of halogens is 2. The predicted molar refractivity (Wildman–Crippen MR) is 118 cm³/mol. The molecule has 0 spiro atoms. The van der Waals surface area contributed by atoms with E-state index in [0.717, 1.165) is 15.4 Å². The van der Waals surface area contributed by atoms with Gasteiger partial charge in [-0.25, -0.2) is 4.98 Å². The van der Waals surface area contributed by atoms with E-state index in [-0.39, 0.29) is 11.7 Å². The largest absolute Gasteiger partial charge is 0.431 e. The molecule has 10 heteroatoms. The number of aryl methyl sites for hydroxylation is 1. The van der Waals surface area contributed by atoms with Crippen molar-refractivity contribution >= 4 is 55.6 Å². The molecule has 0 amide bonds. The average molecular weight is 487 g/mol. The van der Waals surface area contributed by atoms with E-state index in [9.17, 15) is 10.1 Å². The molecule has 30 heavy (non-hydrogen) atoms. The highest BCUT2D eigenvalue weighted by Gasteiger charge is 2.26. The lowest BCUT2D eigenvalue weighted by Crippen LogP contribution is -2.04. The van der Waals surface area contributed by atoms with E-state index >= 15 is 0 Å². The highest BCUT2D eigenvalue weighted by molar-refractivity contribution is 9.10. The molecule has 0 aliphatic rings. The predicted octanol–water partition coefficient (Wildman–Crippen LogP) is 6.19. The molecule has 2 aromatic carbocycles. The van der Waals surface area contributed by atoms with Gasteiger partial charge in [0.25, 0.3) is 0 Å². The zero-order chi connectivity index (χ0) is 21.3. The molecule has 2 aromatic heterocycles. The Kier molecular flexibility index (Phi) is 5.47. The maximum atomic E-state index is 11.8. The van der Waals surface area contributed by atoms with Crippen molar-refractivity contribution in [3.63, 3.8) is 0 Å². The van der Waals surface area contributed by atoms with Crippen LogP contribution >= 0.6 is 27.5 Å². The summed E-state index contributed by atoms with van der Waals surface area (Å²) in [5, 5.41) is 16.1. The van der Waals surface area contributed by atoms with Gasteiger partial charge in [-0.15, -0.1) is 0 Å². The second kappa shape index (κ2) is 8.21. The second-order valence-corrected chi connectivity index (χ2v) is 7.56. The summed E-state index contributed by atoms with van der Waals surface area (Å²) in [7, 11) is 0. The Bertz CT molecular complexity index is 1280. The fourth-order valence-electron chi connectivity index (χ4n) is 2.85. The van der Waals surface area contributed by atoms with Crippen LogP contribution in [0.5, 0.6) is 11.6 Å². The average Bonchev–Trinajstić information content (AvgIpc) is 2.73. The number of hydrogen-bond acceptors (Lipinski definition) is 7. The Morgan fingerprint density at radius 1 is 1.17 bits per heavy atom. The van der Waals surface area contributed by atoms with Gasteiger partial charge in [-0.1, -0.05) is 39.7 Å². The van der Waals surface area contributed by atoms with Crippen molar-refractivity contribution in [2.24, 2.45) is 0 Å². The Labute approximate surface area is 184 Å². The first-order chi connectivity index (χ1) is 14.4. The van der Waals surface area contributed by atoms with Crippen LogP contribution in [0.15, 0.2) is 59.5 Å². The van der Waals surface area contributed by atoms with Gasteiger partial charge >= 0.3 is 11.6 Å². The number of aromatic nitrogens is 3. The van der Waals surface area contributed by atoms with Crippen LogP contribution in [-0.2, 0) is 0 Å². The summed E-state index contributed by atoms with van der Waals surface area (Å²) in [6.07, 6.45) is 2.81. The normalized spacial score (nSPS) is 10.8. The van der Waals surface area contributed by atoms with Crippen molar-refractivity contribution < 1.29 is 9.66 Å². The summed E-state index contributed by atoms with van der Waals surface area (Å²) in [5.41, 5.74) is 1.58. The minimum Gasteiger partial charge on any atom is -0.431 e. The van der Waals surface area contributed by atoms with Crippen LogP contribution in [0.25, 0.3) is 10.9 Å². The van der Waals surface area contributed by atoms with E-state index in [4.69, 9.17) is 16.3 Å². The Hall–Kier alpha value is -3.30. The zero-order valence-electron chi connectivity index (χ0n) is 15.5. The van der Waals surface area contributed by atoms with Crippen LogP contribution in [-0.4, -0.2) is 19.9 Å². The molecule has 150 valence electrons. The van der Waals surface area contributed by atoms with Crippen molar-refractivity contribution in [1.82, 2.24) is 15.0 Å². The Balaban J connectivity index is 1.79.